The number of nitrogens with zero attached hydrogens (tertiary/aromatic N) is 1. The topological polar surface area (TPSA) is 104 Å². The molecule has 0 aromatic heterocycles. The second kappa shape index (κ2) is 8.20. The van der Waals surface area contributed by atoms with Gasteiger partial charge in [-0.25, -0.2) is 13.9 Å². The van der Waals surface area contributed by atoms with Crippen LogP contribution in [0.1, 0.15) is 41.8 Å². The van der Waals surface area contributed by atoms with Gasteiger partial charge in [0.1, 0.15) is 0 Å². The minimum Gasteiger partial charge on any atom is -0.334 e. The molecular formula is C22H26N2O5S. The molecule has 7 nitrogen and oxygen atoms in total. The van der Waals surface area contributed by atoms with Crippen LogP contribution in [-0.4, -0.2) is 47.9 Å². The van der Waals surface area contributed by atoms with Gasteiger partial charge >= 0.3 is 0 Å². The molecule has 3 rings (SSSR count). The van der Waals surface area contributed by atoms with E-state index in [2.05, 4.69) is 31.2 Å². The number of amides is 2. The molecule has 0 saturated carbocycles. The molecule has 1 atom stereocenters. The Kier molecular flexibility index (Phi) is 6.01. The molecule has 30 heavy (non-hydrogen) atoms. The van der Waals surface area contributed by atoms with E-state index in [4.69, 9.17) is 5.21 Å². The molecule has 2 aromatic carbocycles. The second-order valence-corrected chi connectivity index (χ2v) is 10.3. The molecule has 160 valence electrons. The average Bonchev–Trinajstić information content (AvgIpc) is 3.05. The van der Waals surface area contributed by atoms with E-state index in [9.17, 15) is 18.0 Å². The van der Waals surface area contributed by atoms with Crippen molar-refractivity contribution in [1.82, 2.24) is 10.4 Å². The summed E-state index contributed by atoms with van der Waals surface area (Å²) in [6, 6.07) is 13.9. The minimum absolute atomic E-state index is 0.0744. The van der Waals surface area contributed by atoms with E-state index in [1.54, 1.807) is 6.07 Å². The summed E-state index contributed by atoms with van der Waals surface area (Å²) in [4.78, 5) is 26.3. The van der Waals surface area contributed by atoms with E-state index in [0.29, 0.717) is 12.1 Å². The van der Waals surface area contributed by atoms with Crippen molar-refractivity contribution in [3.8, 4) is 11.1 Å². The molecule has 1 unspecified atom stereocenters. The quantitative estimate of drug-likeness (QED) is 0.519. The van der Waals surface area contributed by atoms with Gasteiger partial charge in [-0.15, -0.1) is 0 Å². The van der Waals surface area contributed by atoms with Crippen molar-refractivity contribution in [2.75, 3.05) is 12.8 Å². The van der Waals surface area contributed by atoms with Crippen LogP contribution in [0.5, 0.6) is 0 Å². The van der Waals surface area contributed by atoms with Crippen LogP contribution in [0.25, 0.3) is 11.1 Å². The fourth-order valence-electron chi connectivity index (χ4n) is 3.61. The Bertz CT molecular complexity index is 1080. The highest BCUT2D eigenvalue weighted by Crippen LogP contribution is 2.30. The van der Waals surface area contributed by atoms with Crippen molar-refractivity contribution in [2.45, 2.75) is 38.0 Å². The third kappa shape index (κ3) is 3.97. The van der Waals surface area contributed by atoms with E-state index in [1.165, 1.54) is 22.9 Å². The van der Waals surface area contributed by atoms with Gasteiger partial charge in [-0.05, 0) is 54.2 Å². The molecule has 2 aromatic rings. The maximum absolute atomic E-state index is 12.8. The molecule has 0 bridgehead atoms. The van der Waals surface area contributed by atoms with Crippen LogP contribution in [0.2, 0.25) is 0 Å². The molecule has 0 radical (unpaired) electrons. The van der Waals surface area contributed by atoms with Crippen molar-refractivity contribution in [2.24, 2.45) is 0 Å². The van der Waals surface area contributed by atoms with Gasteiger partial charge < -0.3 is 4.90 Å². The summed E-state index contributed by atoms with van der Waals surface area (Å²) in [6.45, 7) is 3.77. The number of hydrogen-bond donors (Lipinski definition) is 2. The average molecular weight is 431 g/mol. The Hall–Kier alpha value is -2.71. The first-order valence-corrected chi connectivity index (χ1v) is 11.7. The minimum atomic E-state index is -3.81. The molecule has 0 fully saturated rings. The molecule has 0 spiro atoms. The predicted octanol–water partition coefficient (Wildman–Crippen LogP) is 2.57. The first kappa shape index (κ1) is 22.0. The summed E-state index contributed by atoms with van der Waals surface area (Å²) in [5.74, 6) is -1.20. The van der Waals surface area contributed by atoms with E-state index in [1.807, 2.05) is 12.1 Å². The van der Waals surface area contributed by atoms with Crippen molar-refractivity contribution in [3.63, 3.8) is 0 Å². The predicted molar refractivity (Wildman–Crippen MR) is 114 cm³/mol. The Morgan fingerprint density at radius 1 is 1.17 bits per heavy atom. The molecule has 1 aliphatic heterocycles. The zero-order valence-electron chi connectivity index (χ0n) is 17.3. The highest BCUT2D eigenvalue weighted by atomic mass is 32.2. The molecular weight excluding hydrogens is 404 g/mol. The molecule has 1 heterocycles. The van der Waals surface area contributed by atoms with E-state index >= 15 is 0 Å². The van der Waals surface area contributed by atoms with Crippen molar-refractivity contribution < 1.29 is 23.2 Å². The zero-order valence-corrected chi connectivity index (χ0v) is 18.1. The number of aryl methyl sites for hydroxylation is 1. The number of rotatable bonds is 7. The number of benzene rings is 2. The van der Waals surface area contributed by atoms with Gasteiger partial charge in [0.25, 0.3) is 11.8 Å². The normalized spacial score (nSPS) is 15.6. The number of hydrogen-bond acceptors (Lipinski definition) is 5. The summed E-state index contributed by atoms with van der Waals surface area (Å²) in [7, 11) is -3.81. The Balaban J connectivity index is 1.79. The van der Waals surface area contributed by atoms with Crippen molar-refractivity contribution >= 4 is 21.7 Å². The largest absolute Gasteiger partial charge is 0.334 e. The summed E-state index contributed by atoms with van der Waals surface area (Å²) >= 11 is 0. The maximum Gasteiger partial charge on any atom is 0.264 e. The molecule has 1 aliphatic rings. The van der Waals surface area contributed by atoms with E-state index in [0.717, 1.165) is 29.4 Å². The molecule has 2 N–H and O–H groups in total. The smallest absolute Gasteiger partial charge is 0.264 e. The summed E-state index contributed by atoms with van der Waals surface area (Å²) in [6.07, 6.45) is 1.79. The van der Waals surface area contributed by atoms with Gasteiger partial charge in [-0.2, -0.15) is 0 Å². The van der Waals surface area contributed by atoms with Gasteiger partial charge in [0.05, 0.1) is 0 Å². The summed E-state index contributed by atoms with van der Waals surface area (Å²) in [5.41, 5.74) is 6.19. The van der Waals surface area contributed by atoms with Gasteiger partial charge in [-0.3, -0.25) is 14.8 Å². The van der Waals surface area contributed by atoms with Gasteiger partial charge in [0, 0.05) is 24.9 Å². The van der Waals surface area contributed by atoms with Gasteiger partial charge in [0.15, 0.2) is 14.6 Å². The van der Waals surface area contributed by atoms with Gasteiger partial charge in [0.2, 0.25) is 0 Å². The van der Waals surface area contributed by atoms with Crippen LogP contribution in [0.4, 0.5) is 0 Å². The molecule has 2 amide bonds. The number of sulfone groups is 1. The molecule has 8 heteroatoms. The van der Waals surface area contributed by atoms with Crippen LogP contribution in [0.3, 0.4) is 0 Å². The lowest BCUT2D eigenvalue weighted by Gasteiger charge is -2.27. The van der Waals surface area contributed by atoms with Crippen LogP contribution < -0.4 is 5.48 Å². The van der Waals surface area contributed by atoms with Crippen LogP contribution in [-0.2, 0) is 27.6 Å². The van der Waals surface area contributed by atoms with Crippen LogP contribution in [0, 0.1) is 0 Å². The number of fused-ring (bicyclic) bond motifs is 1. The fraction of sp³-hybridized carbons (Fsp3) is 0.364. The Labute approximate surface area is 176 Å². The summed E-state index contributed by atoms with van der Waals surface area (Å²) < 4.78 is 22.4. The van der Waals surface area contributed by atoms with Crippen LogP contribution in [0.15, 0.2) is 42.5 Å². The zero-order chi connectivity index (χ0) is 22.1. The molecule has 0 saturated heterocycles. The number of hydroxylamine groups is 1. The number of nitrogens with one attached hydrogen (secondary N) is 1. The highest BCUT2D eigenvalue weighted by molar-refractivity contribution is 7.92. The lowest BCUT2D eigenvalue weighted by Crippen LogP contribution is -2.50. The van der Waals surface area contributed by atoms with E-state index < -0.39 is 20.5 Å². The highest BCUT2D eigenvalue weighted by Gasteiger charge is 2.44. The first-order valence-electron chi connectivity index (χ1n) is 9.76. The lowest BCUT2D eigenvalue weighted by atomic mass is 9.99. The Morgan fingerprint density at radius 3 is 2.37 bits per heavy atom. The maximum atomic E-state index is 12.8. The lowest BCUT2D eigenvalue weighted by molar-refractivity contribution is -0.131. The van der Waals surface area contributed by atoms with Crippen LogP contribution >= 0.6 is 0 Å². The fourth-order valence-corrected chi connectivity index (χ4v) is 4.45. The number of carbonyl (C=O) groups excluding carboxylic acids is 2. The third-order valence-corrected chi connectivity index (χ3v) is 7.96. The van der Waals surface area contributed by atoms with Crippen molar-refractivity contribution in [1.29, 1.82) is 0 Å². The van der Waals surface area contributed by atoms with E-state index in [-0.39, 0.29) is 18.9 Å². The molecule has 0 aliphatic carbocycles. The van der Waals surface area contributed by atoms with Crippen molar-refractivity contribution in [3.05, 3.63) is 59.2 Å². The number of carbonyl (C=O) groups is 2. The first-order chi connectivity index (χ1) is 14.1. The monoisotopic (exact) mass is 430 g/mol. The summed E-state index contributed by atoms with van der Waals surface area (Å²) in [5, 5.41) is 8.95. The second-order valence-electron chi connectivity index (χ2n) is 7.84. The Morgan fingerprint density at radius 2 is 1.80 bits per heavy atom. The standard InChI is InChI=1S/C22H26N2O5S/c1-4-15-5-7-16(8-6-15)17-9-10-19-18(13-17)14-24(20(19)25)12-11-22(2,21(26)23-27)30(3,28)29/h5-10,13,27H,4,11-12,14H2,1-3H3,(H,23,26). The third-order valence-electron chi connectivity index (χ3n) is 5.94. The SMILES string of the molecule is CCc1ccc(-c2ccc3c(c2)CN(CCC(C)(C(=O)NO)S(C)(=O)=O)C3=O)cc1. The van der Waals surface area contributed by atoms with Gasteiger partial charge in [-0.1, -0.05) is 37.3 Å².